The number of aromatic nitrogens is 3. The summed E-state index contributed by atoms with van der Waals surface area (Å²) in [7, 11) is 0.0112. The van der Waals surface area contributed by atoms with Crippen LogP contribution in [0.2, 0.25) is 0 Å². The molecule has 1 aliphatic heterocycles. The summed E-state index contributed by atoms with van der Waals surface area (Å²) in [5.74, 6) is -0.407. The van der Waals surface area contributed by atoms with Gasteiger partial charge in [0, 0.05) is 19.5 Å². The summed E-state index contributed by atoms with van der Waals surface area (Å²) >= 11 is 0. The van der Waals surface area contributed by atoms with E-state index in [0.717, 1.165) is 27.8 Å². The number of ether oxygens (including phenoxy) is 2. The van der Waals surface area contributed by atoms with Crippen LogP contribution in [0.3, 0.4) is 0 Å². The van der Waals surface area contributed by atoms with Crippen molar-refractivity contribution in [2.75, 3.05) is 13.7 Å². The van der Waals surface area contributed by atoms with Crippen LogP contribution in [-0.2, 0) is 18.4 Å². The van der Waals surface area contributed by atoms with E-state index in [0.29, 0.717) is 28.5 Å². The van der Waals surface area contributed by atoms with Crippen LogP contribution in [0.4, 0.5) is 0 Å². The quantitative estimate of drug-likeness (QED) is 0.283. The largest absolute Gasteiger partial charge is 0.494 e. The maximum Gasteiger partial charge on any atom is 0.304 e. The lowest BCUT2D eigenvalue weighted by molar-refractivity contribution is -0.137. The average molecular weight is 553 g/mol. The van der Waals surface area contributed by atoms with Crippen LogP contribution in [0.25, 0.3) is 11.0 Å². The molecule has 0 radical (unpaired) electrons. The third-order valence-corrected chi connectivity index (χ3v) is 9.03. The second-order valence-corrected chi connectivity index (χ2v) is 11.9. The topological polar surface area (TPSA) is 130 Å². The van der Waals surface area contributed by atoms with Crippen molar-refractivity contribution in [3.05, 3.63) is 76.9 Å². The number of carboxylic acids is 1. The molecule has 10 nitrogen and oxygen atoms in total. The van der Waals surface area contributed by atoms with Gasteiger partial charge in [-0.15, -0.1) is 15.9 Å². The molecule has 0 bridgehead atoms. The van der Waals surface area contributed by atoms with E-state index < -0.39 is 22.7 Å². The SMILES string of the molecule is COc1cc(C(CC(=O)O)c2ccc(C)c(CN3C[C@@H](C)Oc4ccccc4S3(O)O)c2)cc2nnn(C)c12. The van der Waals surface area contributed by atoms with Crippen molar-refractivity contribution in [1.82, 2.24) is 19.3 Å². The van der Waals surface area contributed by atoms with E-state index >= 15 is 0 Å². The third-order valence-electron chi connectivity index (χ3n) is 7.10. The first-order valence-corrected chi connectivity index (χ1v) is 14.1. The van der Waals surface area contributed by atoms with Crippen molar-refractivity contribution in [1.29, 1.82) is 0 Å². The van der Waals surface area contributed by atoms with Crippen LogP contribution < -0.4 is 9.47 Å². The lowest BCUT2D eigenvalue weighted by Gasteiger charge is -2.42. The van der Waals surface area contributed by atoms with E-state index in [-0.39, 0.29) is 19.1 Å². The fraction of sp³-hybridized carbons (Fsp3) is 0.321. The molecule has 3 N–H and O–H groups in total. The number of aryl methyl sites for hydroxylation is 2. The molecule has 4 aromatic rings. The lowest BCUT2D eigenvalue weighted by Crippen LogP contribution is -2.33. The molecule has 0 amide bonds. The zero-order valence-corrected chi connectivity index (χ0v) is 23.1. The van der Waals surface area contributed by atoms with Gasteiger partial charge < -0.3 is 14.6 Å². The van der Waals surface area contributed by atoms with Crippen molar-refractivity contribution in [2.24, 2.45) is 7.05 Å². The van der Waals surface area contributed by atoms with Crippen LogP contribution in [0.5, 0.6) is 11.5 Å². The fourth-order valence-electron chi connectivity index (χ4n) is 5.12. The molecule has 11 heteroatoms. The summed E-state index contributed by atoms with van der Waals surface area (Å²) in [6.07, 6.45) is -0.413. The second-order valence-electron chi connectivity index (χ2n) is 9.86. The molecule has 1 aromatic heterocycles. The van der Waals surface area contributed by atoms with Gasteiger partial charge in [0.05, 0.1) is 20.1 Å². The van der Waals surface area contributed by atoms with Gasteiger partial charge in [-0.3, -0.25) is 13.9 Å². The summed E-state index contributed by atoms with van der Waals surface area (Å²) in [4.78, 5) is 12.3. The van der Waals surface area contributed by atoms with E-state index in [1.54, 1.807) is 47.4 Å². The van der Waals surface area contributed by atoms with Gasteiger partial charge in [0.25, 0.3) is 0 Å². The first-order chi connectivity index (χ1) is 18.6. The Hall–Kier alpha value is -3.64. The van der Waals surface area contributed by atoms with Crippen LogP contribution in [-0.4, -0.2) is 59.2 Å². The summed E-state index contributed by atoms with van der Waals surface area (Å²) in [5, 5.41) is 18.1. The number of benzene rings is 3. The van der Waals surface area contributed by atoms with E-state index in [9.17, 15) is 19.0 Å². The number of hydrogen-bond donors (Lipinski definition) is 3. The van der Waals surface area contributed by atoms with Crippen LogP contribution in [0.15, 0.2) is 59.5 Å². The van der Waals surface area contributed by atoms with Crippen molar-refractivity contribution in [2.45, 2.75) is 43.7 Å². The Kier molecular flexibility index (Phi) is 7.25. The molecule has 2 atom stereocenters. The highest BCUT2D eigenvalue weighted by atomic mass is 32.3. The molecule has 39 heavy (non-hydrogen) atoms. The molecule has 3 aromatic carbocycles. The van der Waals surface area contributed by atoms with E-state index in [4.69, 9.17) is 9.47 Å². The molecule has 5 rings (SSSR count). The van der Waals surface area contributed by atoms with Gasteiger partial charge in [-0.05, 0) is 60.4 Å². The molecular weight excluding hydrogens is 520 g/mol. The smallest absolute Gasteiger partial charge is 0.304 e. The van der Waals surface area contributed by atoms with Crippen LogP contribution in [0.1, 0.15) is 41.5 Å². The van der Waals surface area contributed by atoms with Crippen LogP contribution in [0, 0.1) is 6.92 Å². The number of aliphatic carboxylic acids is 1. The first kappa shape index (κ1) is 26.9. The monoisotopic (exact) mass is 552 g/mol. The van der Waals surface area contributed by atoms with Gasteiger partial charge in [-0.1, -0.05) is 35.5 Å². The number of fused-ring (bicyclic) bond motifs is 2. The summed E-state index contributed by atoms with van der Waals surface area (Å²) in [6, 6.07) is 16.5. The zero-order valence-electron chi connectivity index (χ0n) is 22.2. The number of methoxy groups -OCH3 is 1. The molecule has 0 aliphatic carbocycles. The van der Waals surface area contributed by atoms with Crippen molar-refractivity contribution in [3.8, 4) is 11.5 Å². The molecule has 0 spiro atoms. The molecule has 2 heterocycles. The molecule has 206 valence electrons. The van der Waals surface area contributed by atoms with Crippen molar-refractivity contribution < 1.29 is 28.5 Å². The van der Waals surface area contributed by atoms with Crippen LogP contribution >= 0.6 is 10.8 Å². The Balaban J connectivity index is 1.55. The number of carboxylic acid groups (broad SMARTS) is 1. The minimum Gasteiger partial charge on any atom is -0.494 e. The normalized spacial score (nSPS) is 18.6. The highest BCUT2D eigenvalue weighted by Gasteiger charge is 2.34. The third kappa shape index (κ3) is 5.18. The predicted octanol–water partition coefficient (Wildman–Crippen LogP) is 5.20. The minimum absolute atomic E-state index is 0.144. The Morgan fingerprint density at radius 3 is 2.69 bits per heavy atom. The summed E-state index contributed by atoms with van der Waals surface area (Å²) in [5.41, 5.74) is 4.69. The van der Waals surface area contributed by atoms with Gasteiger partial charge >= 0.3 is 5.97 Å². The van der Waals surface area contributed by atoms with Gasteiger partial charge in [0.2, 0.25) is 0 Å². The fourth-order valence-corrected chi connectivity index (χ4v) is 6.78. The zero-order chi connectivity index (χ0) is 27.9. The maximum atomic E-state index is 12.0. The standard InChI is InChI=1S/C28H32N4O6S/c1-17-9-10-19(22(14-27(33)34)20-12-23-28(25(13-20)37-4)31(3)30-29-23)11-21(17)16-32-15-18(2)38-24-7-5-6-8-26(24)39(32,35)36/h5-13,18,22,35-36H,14-16H2,1-4H3,(H,33,34)/t18-,22?/m1/s1. The Morgan fingerprint density at radius 2 is 1.95 bits per heavy atom. The van der Waals surface area contributed by atoms with Crippen molar-refractivity contribution in [3.63, 3.8) is 0 Å². The van der Waals surface area contributed by atoms with Gasteiger partial charge in [0.1, 0.15) is 33.5 Å². The molecule has 0 saturated carbocycles. The summed E-state index contributed by atoms with van der Waals surface area (Å²) < 4.78 is 37.5. The average Bonchev–Trinajstić information content (AvgIpc) is 3.24. The second kappa shape index (κ2) is 10.5. The minimum atomic E-state index is -3.32. The highest BCUT2D eigenvalue weighted by molar-refractivity contribution is 8.22. The predicted molar refractivity (Wildman–Crippen MR) is 148 cm³/mol. The number of para-hydroxylation sites is 1. The van der Waals surface area contributed by atoms with E-state index in [1.807, 2.05) is 44.2 Å². The Labute approximate surface area is 228 Å². The number of rotatable bonds is 7. The highest BCUT2D eigenvalue weighted by Crippen LogP contribution is 2.57. The molecule has 0 fully saturated rings. The Morgan fingerprint density at radius 1 is 1.18 bits per heavy atom. The number of hydrogen-bond acceptors (Lipinski definition) is 8. The maximum absolute atomic E-state index is 12.0. The first-order valence-electron chi connectivity index (χ1n) is 12.6. The lowest BCUT2D eigenvalue weighted by atomic mass is 9.86. The Bertz CT molecular complexity index is 1540. The molecular formula is C28H32N4O6S. The van der Waals surface area contributed by atoms with Gasteiger partial charge in [-0.25, -0.2) is 4.68 Å². The number of carbonyl (C=O) groups is 1. The molecule has 1 aliphatic rings. The molecule has 1 unspecified atom stereocenters. The van der Waals surface area contributed by atoms with E-state index in [2.05, 4.69) is 10.3 Å². The van der Waals surface area contributed by atoms with Gasteiger partial charge in [0.15, 0.2) is 0 Å². The molecule has 0 saturated heterocycles. The van der Waals surface area contributed by atoms with Gasteiger partial charge in [-0.2, -0.15) is 4.31 Å². The number of nitrogens with zero attached hydrogens (tertiary/aromatic N) is 4. The summed E-state index contributed by atoms with van der Waals surface area (Å²) in [6.45, 7) is 4.40. The van der Waals surface area contributed by atoms with Crippen molar-refractivity contribution >= 4 is 27.8 Å². The van der Waals surface area contributed by atoms with E-state index in [1.165, 1.54) is 0 Å².